The molecule has 2 aromatic heterocycles. The lowest BCUT2D eigenvalue weighted by Gasteiger charge is -2.05. The number of hydrogen-bond donors (Lipinski definition) is 1. The first kappa shape index (κ1) is 14.7. The minimum atomic E-state index is -0.202. The maximum atomic E-state index is 12.1. The number of hydrogen-bond acceptors (Lipinski definition) is 5. The van der Waals surface area contributed by atoms with Crippen molar-refractivity contribution >= 4 is 22.4 Å². The zero-order valence-corrected chi connectivity index (χ0v) is 13.0. The van der Waals surface area contributed by atoms with E-state index in [0.717, 1.165) is 23.6 Å². The highest BCUT2D eigenvalue weighted by atomic mass is 32.1. The molecule has 2 heterocycles. The van der Waals surface area contributed by atoms with Gasteiger partial charge in [-0.05, 0) is 32.8 Å². The van der Waals surface area contributed by atoms with Gasteiger partial charge < -0.3 is 4.42 Å². The van der Waals surface area contributed by atoms with Crippen molar-refractivity contribution in [2.45, 2.75) is 46.5 Å². The quantitative estimate of drug-likeness (QED) is 0.907. The highest BCUT2D eigenvalue weighted by molar-refractivity contribution is 7.15. The number of carbonyl (C=O) groups is 1. The molecule has 0 fully saturated rings. The fourth-order valence-corrected chi connectivity index (χ4v) is 3.11. The van der Waals surface area contributed by atoms with Crippen LogP contribution in [0.15, 0.2) is 10.5 Å². The van der Waals surface area contributed by atoms with Gasteiger partial charge in [0.15, 0.2) is 0 Å². The van der Waals surface area contributed by atoms with Crippen molar-refractivity contribution in [3.05, 3.63) is 28.2 Å². The van der Waals surface area contributed by atoms with E-state index in [1.54, 1.807) is 13.0 Å². The van der Waals surface area contributed by atoms with E-state index in [2.05, 4.69) is 29.4 Å². The molecule has 0 spiro atoms. The molecule has 0 aliphatic rings. The van der Waals surface area contributed by atoms with Gasteiger partial charge in [0.05, 0.1) is 5.56 Å². The van der Waals surface area contributed by atoms with E-state index in [0.29, 0.717) is 22.4 Å². The Labute approximate surface area is 122 Å². The smallest absolute Gasteiger partial charge is 0.261 e. The zero-order chi connectivity index (χ0) is 14.7. The third-order valence-corrected chi connectivity index (χ3v) is 4.28. The summed E-state index contributed by atoms with van der Waals surface area (Å²) < 4.78 is 5.36. The lowest BCUT2D eigenvalue weighted by atomic mass is 10.1. The number of carbonyl (C=O) groups excluding carboxylic acids is 1. The summed E-state index contributed by atoms with van der Waals surface area (Å²) in [5.41, 5.74) is 0.543. The van der Waals surface area contributed by atoms with Crippen LogP contribution in [0, 0.1) is 13.8 Å². The molecule has 0 aliphatic carbocycles. The SMILES string of the molecule is CCC(CC)c1nnc(NC(=O)c2cc(C)oc2C)s1. The highest BCUT2D eigenvalue weighted by Gasteiger charge is 2.17. The van der Waals surface area contributed by atoms with E-state index in [-0.39, 0.29) is 5.91 Å². The highest BCUT2D eigenvalue weighted by Crippen LogP contribution is 2.28. The van der Waals surface area contributed by atoms with Crippen LogP contribution in [0.25, 0.3) is 0 Å². The van der Waals surface area contributed by atoms with Gasteiger partial charge in [-0.25, -0.2) is 0 Å². The van der Waals surface area contributed by atoms with Crippen molar-refractivity contribution in [1.29, 1.82) is 0 Å². The molecule has 2 aromatic rings. The summed E-state index contributed by atoms with van der Waals surface area (Å²) in [7, 11) is 0. The number of furan rings is 1. The Hall–Kier alpha value is -1.69. The average molecular weight is 293 g/mol. The largest absolute Gasteiger partial charge is 0.466 e. The topological polar surface area (TPSA) is 68.0 Å². The van der Waals surface area contributed by atoms with Crippen LogP contribution >= 0.6 is 11.3 Å². The Kier molecular flexibility index (Phi) is 4.54. The first-order valence-electron chi connectivity index (χ1n) is 6.76. The maximum Gasteiger partial charge on any atom is 0.261 e. The van der Waals surface area contributed by atoms with Crippen molar-refractivity contribution in [3.8, 4) is 0 Å². The molecule has 20 heavy (non-hydrogen) atoms. The lowest BCUT2D eigenvalue weighted by Crippen LogP contribution is -2.11. The van der Waals surface area contributed by atoms with Crippen LogP contribution in [0.4, 0.5) is 5.13 Å². The average Bonchev–Trinajstić information content (AvgIpc) is 2.98. The molecule has 0 aliphatic heterocycles. The van der Waals surface area contributed by atoms with Gasteiger partial charge in [-0.3, -0.25) is 10.1 Å². The van der Waals surface area contributed by atoms with Crippen LogP contribution in [-0.4, -0.2) is 16.1 Å². The van der Waals surface area contributed by atoms with Crippen LogP contribution in [0.2, 0.25) is 0 Å². The molecule has 6 heteroatoms. The van der Waals surface area contributed by atoms with E-state index in [1.165, 1.54) is 11.3 Å². The number of aromatic nitrogens is 2. The summed E-state index contributed by atoms with van der Waals surface area (Å²) in [5.74, 6) is 1.55. The lowest BCUT2D eigenvalue weighted by molar-refractivity contribution is 0.102. The van der Waals surface area contributed by atoms with Gasteiger partial charge in [0, 0.05) is 5.92 Å². The number of aryl methyl sites for hydroxylation is 2. The Bertz CT molecular complexity index is 599. The fourth-order valence-electron chi connectivity index (χ4n) is 2.11. The Balaban J connectivity index is 2.11. The van der Waals surface area contributed by atoms with E-state index in [1.807, 2.05) is 6.92 Å². The summed E-state index contributed by atoms with van der Waals surface area (Å²) in [5, 5.41) is 12.5. The number of anilines is 1. The minimum Gasteiger partial charge on any atom is -0.466 e. The normalized spacial score (nSPS) is 11.1. The van der Waals surface area contributed by atoms with Gasteiger partial charge in [0.2, 0.25) is 5.13 Å². The molecule has 0 bridgehead atoms. The summed E-state index contributed by atoms with van der Waals surface area (Å²) in [4.78, 5) is 12.1. The third kappa shape index (κ3) is 3.07. The number of rotatable bonds is 5. The van der Waals surface area contributed by atoms with Gasteiger partial charge in [-0.2, -0.15) is 0 Å². The van der Waals surface area contributed by atoms with Crippen molar-refractivity contribution < 1.29 is 9.21 Å². The zero-order valence-electron chi connectivity index (χ0n) is 12.2. The van der Waals surface area contributed by atoms with Crippen molar-refractivity contribution in [3.63, 3.8) is 0 Å². The Morgan fingerprint density at radius 3 is 2.60 bits per heavy atom. The van der Waals surface area contributed by atoms with Crippen LogP contribution < -0.4 is 5.32 Å². The number of nitrogens with one attached hydrogen (secondary N) is 1. The molecule has 0 saturated carbocycles. The second-order valence-corrected chi connectivity index (χ2v) is 5.75. The number of amides is 1. The molecule has 0 aromatic carbocycles. The summed E-state index contributed by atoms with van der Waals surface area (Å²) >= 11 is 1.44. The molecular weight excluding hydrogens is 274 g/mol. The summed E-state index contributed by atoms with van der Waals surface area (Å²) in [6, 6.07) is 1.73. The molecule has 0 saturated heterocycles. The van der Waals surface area contributed by atoms with E-state index < -0.39 is 0 Å². The molecule has 1 amide bonds. The second kappa shape index (κ2) is 6.17. The van der Waals surface area contributed by atoms with Crippen LogP contribution in [-0.2, 0) is 0 Å². The monoisotopic (exact) mass is 293 g/mol. The van der Waals surface area contributed by atoms with Crippen LogP contribution in [0.3, 0.4) is 0 Å². The maximum absolute atomic E-state index is 12.1. The van der Waals surface area contributed by atoms with E-state index >= 15 is 0 Å². The van der Waals surface area contributed by atoms with Gasteiger partial charge in [0.1, 0.15) is 16.5 Å². The fraction of sp³-hybridized carbons (Fsp3) is 0.500. The molecule has 1 N–H and O–H groups in total. The van der Waals surface area contributed by atoms with Gasteiger partial charge in [-0.15, -0.1) is 10.2 Å². The van der Waals surface area contributed by atoms with Gasteiger partial charge in [0.25, 0.3) is 5.91 Å². The van der Waals surface area contributed by atoms with Gasteiger partial charge in [-0.1, -0.05) is 25.2 Å². The molecule has 0 unspecified atom stereocenters. The molecule has 5 nitrogen and oxygen atoms in total. The third-order valence-electron chi connectivity index (χ3n) is 3.28. The predicted molar refractivity (Wildman–Crippen MR) is 79.4 cm³/mol. The van der Waals surface area contributed by atoms with Crippen molar-refractivity contribution in [2.24, 2.45) is 0 Å². The standard InChI is InChI=1S/C14H19N3O2S/c1-5-10(6-2)13-16-17-14(20-13)15-12(18)11-7-8(3)19-9(11)4/h7,10H,5-6H2,1-4H3,(H,15,17,18). The van der Waals surface area contributed by atoms with Crippen molar-refractivity contribution in [1.82, 2.24) is 10.2 Å². The van der Waals surface area contributed by atoms with E-state index in [4.69, 9.17) is 4.42 Å². The summed E-state index contributed by atoms with van der Waals surface area (Å²) in [6.07, 6.45) is 2.05. The molecule has 108 valence electrons. The molecule has 2 rings (SSSR count). The number of nitrogens with zero attached hydrogens (tertiary/aromatic N) is 2. The predicted octanol–water partition coefficient (Wildman–Crippen LogP) is 3.90. The van der Waals surface area contributed by atoms with Crippen LogP contribution in [0.5, 0.6) is 0 Å². The van der Waals surface area contributed by atoms with E-state index in [9.17, 15) is 4.79 Å². The first-order chi connectivity index (χ1) is 9.55. The second-order valence-electron chi connectivity index (χ2n) is 4.74. The molecule has 0 radical (unpaired) electrons. The Morgan fingerprint density at radius 1 is 1.35 bits per heavy atom. The Morgan fingerprint density at radius 2 is 2.05 bits per heavy atom. The van der Waals surface area contributed by atoms with Crippen LogP contribution in [0.1, 0.15) is 59.5 Å². The molecular formula is C14H19N3O2S. The van der Waals surface area contributed by atoms with Crippen molar-refractivity contribution in [2.75, 3.05) is 5.32 Å². The van der Waals surface area contributed by atoms with Gasteiger partial charge >= 0.3 is 0 Å². The minimum absolute atomic E-state index is 0.202. The summed E-state index contributed by atoms with van der Waals surface area (Å²) in [6.45, 7) is 7.86. The first-order valence-corrected chi connectivity index (χ1v) is 7.58. The molecule has 0 atom stereocenters.